The molecule has 2 aromatic rings. The minimum atomic E-state index is 0.00552. The zero-order valence-corrected chi connectivity index (χ0v) is 11.3. The summed E-state index contributed by atoms with van der Waals surface area (Å²) in [5, 5.41) is 4.24. The molecule has 0 radical (unpaired) electrons. The van der Waals surface area contributed by atoms with Crippen LogP contribution in [-0.2, 0) is 6.54 Å². The number of aryl methyl sites for hydroxylation is 1. The Bertz CT molecular complexity index is 615. The molecule has 0 saturated carbocycles. The van der Waals surface area contributed by atoms with Gasteiger partial charge in [-0.15, -0.1) is 0 Å². The molecule has 0 spiro atoms. The molecule has 0 N–H and O–H groups in total. The van der Waals surface area contributed by atoms with E-state index in [0.717, 1.165) is 6.42 Å². The molecule has 1 saturated heterocycles. The van der Waals surface area contributed by atoms with Gasteiger partial charge in [0.1, 0.15) is 11.8 Å². The summed E-state index contributed by atoms with van der Waals surface area (Å²) >= 11 is 0. The van der Waals surface area contributed by atoms with Crippen LogP contribution < -0.4 is 5.56 Å². The van der Waals surface area contributed by atoms with E-state index in [2.05, 4.69) is 17.0 Å². The van der Waals surface area contributed by atoms with E-state index in [9.17, 15) is 4.79 Å². The summed E-state index contributed by atoms with van der Waals surface area (Å²) in [4.78, 5) is 14.6. The van der Waals surface area contributed by atoms with E-state index in [1.807, 2.05) is 18.3 Å². The van der Waals surface area contributed by atoms with Crippen molar-refractivity contribution in [1.82, 2.24) is 19.1 Å². The topological polar surface area (TPSA) is 42.5 Å². The van der Waals surface area contributed by atoms with Crippen LogP contribution in [0.1, 0.15) is 25.7 Å². The number of hydrogen-bond acceptors (Lipinski definition) is 3. The molecule has 1 aliphatic rings. The van der Waals surface area contributed by atoms with Crippen LogP contribution in [0.5, 0.6) is 0 Å². The second kappa shape index (κ2) is 5.17. The Morgan fingerprint density at radius 2 is 2.32 bits per heavy atom. The Hall–Kier alpha value is -1.62. The van der Waals surface area contributed by atoms with Crippen molar-refractivity contribution in [3.63, 3.8) is 0 Å². The van der Waals surface area contributed by atoms with E-state index in [0.29, 0.717) is 18.1 Å². The van der Waals surface area contributed by atoms with E-state index >= 15 is 0 Å². The lowest BCUT2D eigenvalue weighted by atomic mass is 10.0. The minimum Gasteiger partial charge on any atom is -0.303 e. The van der Waals surface area contributed by atoms with Crippen LogP contribution in [0.4, 0.5) is 0 Å². The first-order valence-corrected chi connectivity index (χ1v) is 6.99. The van der Waals surface area contributed by atoms with E-state index in [4.69, 9.17) is 0 Å². The number of aromatic nitrogens is 3. The predicted molar refractivity (Wildman–Crippen MR) is 74.3 cm³/mol. The van der Waals surface area contributed by atoms with Gasteiger partial charge in [0.15, 0.2) is 0 Å². The zero-order valence-electron chi connectivity index (χ0n) is 11.3. The first-order valence-electron chi connectivity index (χ1n) is 6.99. The monoisotopic (exact) mass is 260 g/mol. The van der Waals surface area contributed by atoms with Gasteiger partial charge < -0.3 is 9.30 Å². The summed E-state index contributed by atoms with van der Waals surface area (Å²) in [6, 6.07) is 4.30. The van der Waals surface area contributed by atoms with Gasteiger partial charge in [0.05, 0.1) is 0 Å². The lowest BCUT2D eigenvalue weighted by molar-refractivity contribution is 0.169. The van der Waals surface area contributed by atoms with E-state index in [1.165, 1.54) is 25.8 Å². The maximum atomic E-state index is 12.2. The molecule has 0 unspecified atom stereocenters. The van der Waals surface area contributed by atoms with Crippen LogP contribution in [0.2, 0.25) is 0 Å². The van der Waals surface area contributed by atoms with Crippen molar-refractivity contribution in [3.8, 4) is 0 Å². The third-order valence-electron chi connectivity index (χ3n) is 4.14. The minimum absolute atomic E-state index is 0.00552. The molecule has 0 bridgehead atoms. The number of hydrogen-bond donors (Lipinski definition) is 0. The van der Waals surface area contributed by atoms with Crippen molar-refractivity contribution < 1.29 is 0 Å². The number of fused-ring (bicyclic) bond motifs is 1. The molecule has 2 aromatic heterocycles. The highest BCUT2D eigenvalue weighted by Crippen LogP contribution is 2.17. The van der Waals surface area contributed by atoms with Crippen LogP contribution >= 0.6 is 0 Å². The molecule has 3 heterocycles. The van der Waals surface area contributed by atoms with Gasteiger partial charge in [-0.25, -0.2) is 4.68 Å². The second-order valence-corrected chi connectivity index (χ2v) is 5.38. The molecule has 19 heavy (non-hydrogen) atoms. The average molecular weight is 260 g/mol. The molecule has 5 nitrogen and oxygen atoms in total. The zero-order chi connectivity index (χ0) is 13.2. The standard InChI is InChI=1S/C14H20N4O/c1-16-8-3-2-5-12(16)7-10-18-14(19)13-6-4-9-17(13)11-15-18/h4,6,9,11-12H,2-3,5,7-8,10H2,1H3/t12-/m0/s1. The highest BCUT2D eigenvalue weighted by Gasteiger charge is 2.18. The first-order chi connectivity index (χ1) is 9.25. The normalized spacial score (nSPS) is 21.0. The van der Waals surface area contributed by atoms with Gasteiger partial charge in [-0.3, -0.25) is 4.79 Å². The van der Waals surface area contributed by atoms with Crippen LogP contribution in [0.3, 0.4) is 0 Å². The number of likely N-dealkylation sites (tertiary alicyclic amines) is 1. The summed E-state index contributed by atoms with van der Waals surface area (Å²) < 4.78 is 3.36. The molecule has 102 valence electrons. The van der Waals surface area contributed by atoms with Gasteiger partial charge in [0.2, 0.25) is 0 Å². The summed E-state index contributed by atoms with van der Waals surface area (Å²) in [5.74, 6) is 0. The summed E-state index contributed by atoms with van der Waals surface area (Å²) in [5.41, 5.74) is 0.706. The van der Waals surface area contributed by atoms with Crippen molar-refractivity contribution in [2.24, 2.45) is 0 Å². The molecule has 3 rings (SSSR count). The molecule has 1 atom stereocenters. The third kappa shape index (κ3) is 2.42. The third-order valence-corrected chi connectivity index (χ3v) is 4.14. The lowest BCUT2D eigenvalue weighted by Crippen LogP contribution is -2.38. The maximum Gasteiger partial charge on any atom is 0.290 e. The molecule has 1 aliphatic heterocycles. The highest BCUT2D eigenvalue weighted by atomic mass is 16.1. The van der Waals surface area contributed by atoms with Crippen molar-refractivity contribution in [2.45, 2.75) is 38.3 Å². The molecule has 0 aliphatic carbocycles. The summed E-state index contributed by atoms with van der Waals surface area (Å²) in [7, 11) is 2.18. The second-order valence-electron chi connectivity index (χ2n) is 5.38. The van der Waals surface area contributed by atoms with Crippen molar-refractivity contribution in [1.29, 1.82) is 0 Å². The lowest BCUT2D eigenvalue weighted by Gasteiger charge is -2.32. The number of rotatable bonds is 3. The SMILES string of the molecule is CN1CCCC[C@H]1CCn1ncn2cccc2c1=O. The largest absolute Gasteiger partial charge is 0.303 e. The van der Waals surface area contributed by atoms with E-state index in [1.54, 1.807) is 15.4 Å². The van der Waals surface area contributed by atoms with Crippen molar-refractivity contribution in [2.75, 3.05) is 13.6 Å². The van der Waals surface area contributed by atoms with Crippen molar-refractivity contribution in [3.05, 3.63) is 35.0 Å². The van der Waals surface area contributed by atoms with Gasteiger partial charge in [0.25, 0.3) is 5.56 Å². The summed E-state index contributed by atoms with van der Waals surface area (Å²) in [6.07, 6.45) is 8.39. The fraction of sp³-hybridized carbons (Fsp3) is 0.571. The maximum absolute atomic E-state index is 12.2. The molecular weight excluding hydrogens is 240 g/mol. The highest BCUT2D eigenvalue weighted by molar-refractivity contribution is 5.43. The Morgan fingerprint density at radius 3 is 3.16 bits per heavy atom. The first kappa shape index (κ1) is 12.4. The fourth-order valence-electron chi connectivity index (χ4n) is 2.92. The van der Waals surface area contributed by atoms with Gasteiger partial charge in [-0.2, -0.15) is 5.10 Å². The Morgan fingerprint density at radius 1 is 1.42 bits per heavy atom. The Balaban J connectivity index is 1.74. The molecule has 5 heteroatoms. The summed E-state index contributed by atoms with van der Waals surface area (Å²) in [6.45, 7) is 1.88. The Kier molecular flexibility index (Phi) is 3.38. The molecule has 0 aromatic carbocycles. The van der Waals surface area contributed by atoms with Crippen LogP contribution in [0.15, 0.2) is 29.5 Å². The smallest absolute Gasteiger partial charge is 0.290 e. The molecule has 1 fully saturated rings. The predicted octanol–water partition coefficient (Wildman–Crippen LogP) is 1.37. The fourth-order valence-corrected chi connectivity index (χ4v) is 2.92. The molecule has 0 amide bonds. The molecular formula is C14H20N4O. The van der Waals surface area contributed by atoms with E-state index in [-0.39, 0.29) is 5.56 Å². The quantitative estimate of drug-likeness (QED) is 0.837. The number of nitrogens with zero attached hydrogens (tertiary/aromatic N) is 4. The number of piperidine rings is 1. The van der Waals surface area contributed by atoms with Gasteiger partial charge in [0, 0.05) is 18.8 Å². The van der Waals surface area contributed by atoms with Gasteiger partial charge in [-0.05, 0) is 45.0 Å². The Labute approximate surface area is 112 Å². The van der Waals surface area contributed by atoms with Gasteiger partial charge >= 0.3 is 0 Å². The van der Waals surface area contributed by atoms with Crippen molar-refractivity contribution >= 4 is 5.52 Å². The average Bonchev–Trinajstić information content (AvgIpc) is 2.89. The van der Waals surface area contributed by atoms with Crippen LogP contribution in [-0.4, -0.2) is 38.7 Å². The van der Waals surface area contributed by atoms with Crippen LogP contribution in [0, 0.1) is 0 Å². The van der Waals surface area contributed by atoms with Crippen LogP contribution in [0.25, 0.3) is 5.52 Å². The van der Waals surface area contributed by atoms with Gasteiger partial charge in [-0.1, -0.05) is 6.42 Å². The van der Waals surface area contributed by atoms with E-state index < -0.39 is 0 Å².